The highest BCUT2D eigenvalue weighted by molar-refractivity contribution is 7.92. The molecule has 0 spiro atoms. The number of hydrogen-bond acceptors (Lipinski definition) is 5. The normalized spacial score (nSPS) is 21.5. The fourth-order valence-corrected chi connectivity index (χ4v) is 3.78. The van der Waals surface area contributed by atoms with Gasteiger partial charge in [0.05, 0.1) is 10.5 Å². The Morgan fingerprint density at radius 2 is 2.00 bits per heavy atom. The zero-order valence-corrected chi connectivity index (χ0v) is 13.5. The third-order valence-corrected chi connectivity index (χ3v) is 6.63. The molecule has 112 valence electrons. The monoisotopic (exact) mass is 297 g/mol. The molecular formula is C14H23N3O2S. The lowest BCUT2D eigenvalue weighted by atomic mass is 10.1. The minimum Gasteiger partial charge on any atom is -0.355 e. The molecule has 0 N–H and O–H groups in total. The van der Waals surface area contributed by atoms with E-state index in [1.165, 1.54) is 0 Å². The number of anilines is 1. The maximum atomic E-state index is 12.2. The van der Waals surface area contributed by atoms with E-state index in [0.29, 0.717) is 19.5 Å². The van der Waals surface area contributed by atoms with E-state index >= 15 is 0 Å². The van der Waals surface area contributed by atoms with Gasteiger partial charge in [0.1, 0.15) is 11.6 Å². The zero-order valence-electron chi connectivity index (χ0n) is 12.7. The van der Waals surface area contributed by atoms with Crippen molar-refractivity contribution >= 4 is 15.7 Å². The molecule has 1 aromatic rings. The lowest BCUT2D eigenvalue weighted by Gasteiger charge is -2.23. The summed E-state index contributed by atoms with van der Waals surface area (Å²) in [6.45, 7) is 8.78. The Morgan fingerprint density at radius 3 is 2.65 bits per heavy atom. The lowest BCUT2D eigenvalue weighted by Crippen LogP contribution is -2.33. The summed E-state index contributed by atoms with van der Waals surface area (Å²) in [6, 6.07) is 1.97. The van der Waals surface area contributed by atoms with Crippen molar-refractivity contribution in [1.82, 2.24) is 9.97 Å². The van der Waals surface area contributed by atoms with Gasteiger partial charge in [-0.25, -0.2) is 18.4 Å². The zero-order chi connectivity index (χ0) is 15.0. The van der Waals surface area contributed by atoms with Crippen LogP contribution in [0.1, 0.15) is 38.7 Å². The Morgan fingerprint density at radius 1 is 1.30 bits per heavy atom. The van der Waals surface area contributed by atoms with Crippen LogP contribution in [0, 0.1) is 6.92 Å². The van der Waals surface area contributed by atoms with E-state index < -0.39 is 14.6 Å². The van der Waals surface area contributed by atoms with E-state index in [1.54, 1.807) is 0 Å². The molecule has 0 aliphatic carbocycles. The van der Waals surface area contributed by atoms with Gasteiger partial charge >= 0.3 is 0 Å². The summed E-state index contributed by atoms with van der Waals surface area (Å²) in [5.41, 5.74) is 0.999. The van der Waals surface area contributed by atoms with Crippen LogP contribution < -0.4 is 4.90 Å². The van der Waals surface area contributed by atoms with Crippen LogP contribution in [0.25, 0.3) is 0 Å². The van der Waals surface area contributed by atoms with Crippen LogP contribution in [-0.4, -0.2) is 42.0 Å². The highest BCUT2D eigenvalue weighted by Crippen LogP contribution is 2.27. The second kappa shape index (κ2) is 5.31. The minimum atomic E-state index is -3.05. The molecule has 0 unspecified atom stereocenters. The predicted molar refractivity (Wildman–Crippen MR) is 80.8 cm³/mol. The average molecular weight is 297 g/mol. The summed E-state index contributed by atoms with van der Waals surface area (Å²) in [5, 5.41) is 0. The summed E-state index contributed by atoms with van der Waals surface area (Å²) in [7, 11) is -3.05. The fraction of sp³-hybridized carbons (Fsp3) is 0.714. The van der Waals surface area contributed by atoms with Gasteiger partial charge in [0, 0.05) is 24.8 Å². The molecule has 1 fully saturated rings. The van der Waals surface area contributed by atoms with Gasteiger partial charge in [-0.2, -0.15) is 0 Å². The molecule has 0 bridgehead atoms. The molecule has 0 amide bonds. The first kappa shape index (κ1) is 15.2. The maximum Gasteiger partial charge on any atom is 0.157 e. The van der Waals surface area contributed by atoms with Gasteiger partial charge in [-0.1, -0.05) is 6.92 Å². The first-order valence-corrected chi connectivity index (χ1v) is 8.72. The van der Waals surface area contributed by atoms with Crippen molar-refractivity contribution in [2.24, 2.45) is 0 Å². The van der Waals surface area contributed by atoms with E-state index in [2.05, 4.69) is 21.8 Å². The van der Waals surface area contributed by atoms with Crippen LogP contribution in [-0.2, 0) is 16.3 Å². The van der Waals surface area contributed by atoms with E-state index in [0.717, 1.165) is 23.8 Å². The van der Waals surface area contributed by atoms with Crippen molar-refractivity contribution < 1.29 is 8.42 Å². The Balaban J connectivity index is 2.29. The quantitative estimate of drug-likeness (QED) is 0.832. The fourth-order valence-electron chi connectivity index (χ4n) is 2.36. The number of sulfone groups is 1. The summed E-state index contributed by atoms with van der Waals surface area (Å²) >= 11 is 0. The van der Waals surface area contributed by atoms with Gasteiger partial charge < -0.3 is 4.90 Å². The molecule has 1 aliphatic heterocycles. The number of aromatic nitrogens is 2. The van der Waals surface area contributed by atoms with Crippen LogP contribution in [0.4, 0.5) is 5.82 Å². The molecule has 1 aliphatic rings. The molecule has 0 atom stereocenters. The van der Waals surface area contributed by atoms with Gasteiger partial charge in [0.2, 0.25) is 0 Å². The first-order chi connectivity index (χ1) is 9.25. The number of nitrogens with zero attached hydrogens (tertiary/aromatic N) is 3. The van der Waals surface area contributed by atoms with Crippen molar-refractivity contribution in [1.29, 1.82) is 0 Å². The minimum absolute atomic E-state index is 0.185. The maximum absolute atomic E-state index is 12.2. The van der Waals surface area contributed by atoms with Crippen molar-refractivity contribution in [3.8, 4) is 0 Å². The van der Waals surface area contributed by atoms with Crippen molar-refractivity contribution in [2.45, 2.75) is 45.3 Å². The SMILES string of the molecule is CCc1cc(N2CCC(C)(C)S(=O)(=O)CC2)nc(C)n1. The largest absolute Gasteiger partial charge is 0.355 e. The topological polar surface area (TPSA) is 63.2 Å². The summed E-state index contributed by atoms with van der Waals surface area (Å²) in [6.07, 6.45) is 1.48. The summed E-state index contributed by atoms with van der Waals surface area (Å²) in [4.78, 5) is 10.9. The molecular weight excluding hydrogens is 274 g/mol. The van der Waals surface area contributed by atoms with Crippen LogP contribution in [0.15, 0.2) is 6.07 Å². The molecule has 0 aromatic carbocycles. The van der Waals surface area contributed by atoms with Gasteiger partial charge in [0.25, 0.3) is 0 Å². The summed E-state index contributed by atoms with van der Waals surface area (Å²) in [5.74, 6) is 1.78. The van der Waals surface area contributed by atoms with E-state index in [9.17, 15) is 8.42 Å². The van der Waals surface area contributed by atoms with Crippen LogP contribution in [0.2, 0.25) is 0 Å². The second-order valence-corrected chi connectivity index (χ2v) is 8.68. The van der Waals surface area contributed by atoms with E-state index in [4.69, 9.17) is 0 Å². The Hall–Kier alpha value is -1.17. The van der Waals surface area contributed by atoms with E-state index in [1.807, 2.05) is 26.8 Å². The Kier molecular flexibility index (Phi) is 4.04. The number of aryl methyl sites for hydroxylation is 2. The molecule has 0 radical (unpaired) electrons. The van der Waals surface area contributed by atoms with Crippen molar-refractivity contribution in [2.75, 3.05) is 23.7 Å². The molecule has 6 heteroatoms. The second-order valence-electron chi connectivity index (χ2n) is 5.93. The predicted octanol–water partition coefficient (Wildman–Crippen LogP) is 1.75. The van der Waals surface area contributed by atoms with Crippen molar-refractivity contribution in [3.05, 3.63) is 17.6 Å². The molecule has 2 heterocycles. The third-order valence-electron chi connectivity index (χ3n) is 4.02. The average Bonchev–Trinajstić information content (AvgIpc) is 2.46. The molecule has 5 nitrogen and oxygen atoms in total. The Labute approximate surface area is 121 Å². The standard InChI is InChI=1S/C14H23N3O2S/c1-5-12-10-13(16-11(2)15-12)17-7-6-14(3,4)20(18,19)9-8-17/h10H,5-9H2,1-4H3. The number of hydrogen-bond donors (Lipinski definition) is 0. The summed E-state index contributed by atoms with van der Waals surface area (Å²) < 4.78 is 23.8. The molecule has 0 saturated carbocycles. The highest BCUT2D eigenvalue weighted by atomic mass is 32.2. The van der Waals surface area contributed by atoms with Gasteiger partial charge in [0.15, 0.2) is 9.84 Å². The van der Waals surface area contributed by atoms with Crippen LogP contribution >= 0.6 is 0 Å². The smallest absolute Gasteiger partial charge is 0.157 e. The molecule has 2 rings (SSSR count). The van der Waals surface area contributed by atoms with Crippen LogP contribution in [0.5, 0.6) is 0 Å². The molecule has 20 heavy (non-hydrogen) atoms. The molecule has 1 aromatic heterocycles. The lowest BCUT2D eigenvalue weighted by molar-refractivity contribution is 0.538. The van der Waals surface area contributed by atoms with Gasteiger partial charge in [-0.15, -0.1) is 0 Å². The Bertz CT molecular complexity index is 596. The number of rotatable bonds is 2. The highest BCUT2D eigenvalue weighted by Gasteiger charge is 2.37. The third kappa shape index (κ3) is 2.95. The first-order valence-electron chi connectivity index (χ1n) is 7.07. The van der Waals surface area contributed by atoms with Gasteiger partial charge in [-0.3, -0.25) is 0 Å². The van der Waals surface area contributed by atoms with E-state index in [-0.39, 0.29) is 5.75 Å². The van der Waals surface area contributed by atoms with Crippen LogP contribution in [0.3, 0.4) is 0 Å². The van der Waals surface area contributed by atoms with Crippen molar-refractivity contribution in [3.63, 3.8) is 0 Å². The molecule has 1 saturated heterocycles. The van der Waals surface area contributed by atoms with Gasteiger partial charge in [-0.05, 0) is 33.6 Å².